The van der Waals surface area contributed by atoms with Crippen LogP contribution in [0.4, 0.5) is 10.1 Å². The number of nitrogens with one attached hydrogen (secondary N) is 1. The van der Waals surface area contributed by atoms with Gasteiger partial charge in [-0.15, -0.1) is 0 Å². The molecule has 1 saturated heterocycles. The number of alkyl halides is 1. The maximum absolute atomic E-state index is 13.8. The highest BCUT2D eigenvalue weighted by Crippen LogP contribution is 2.38. The minimum Gasteiger partial charge on any atom is -0.477 e. The Hall–Kier alpha value is -3.72. The maximum Gasteiger partial charge on any atom is 0.352 e. The number of fused-ring (bicyclic) bond motifs is 1. The van der Waals surface area contributed by atoms with E-state index in [-0.39, 0.29) is 35.3 Å². The van der Waals surface area contributed by atoms with Crippen molar-refractivity contribution in [1.82, 2.24) is 9.47 Å². The third-order valence-electron chi connectivity index (χ3n) is 8.61. The number of carboxylic acids is 1. The van der Waals surface area contributed by atoms with Gasteiger partial charge in [0.2, 0.25) is 11.8 Å². The summed E-state index contributed by atoms with van der Waals surface area (Å²) in [7, 11) is 1.69. The fourth-order valence-electron chi connectivity index (χ4n) is 6.42. The average Bonchev–Trinajstić information content (AvgIpc) is 3.54. The Kier molecular flexibility index (Phi) is 7.70. The standard InChI is InChI=1S/C30H35FN4O4/c1-34-25-12-11-22(15-21(25)16-26(34)30(38)39)33-28(36)27-23(18-5-3-2-4-6-18)13-14-35(27)29(37)20-9-7-19(8-10-20)24(32)17-31/h2-6,11-12,15-16,19-20,23-24,27H,7-10,13-14,17,32H2,1H3,(H,33,36)(H,38,39)/t19?,20?,23-,24?,27-/m0/s1. The molecule has 39 heavy (non-hydrogen) atoms. The predicted octanol–water partition coefficient (Wildman–Crippen LogP) is 4.30. The summed E-state index contributed by atoms with van der Waals surface area (Å²) in [4.78, 5) is 40.9. The second-order valence-corrected chi connectivity index (χ2v) is 10.9. The Bertz CT molecular complexity index is 1370. The zero-order chi connectivity index (χ0) is 27.7. The van der Waals surface area contributed by atoms with E-state index in [4.69, 9.17) is 5.73 Å². The monoisotopic (exact) mass is 534 g/mol. The molecule has 3 atom stereocenters. The quantitative estimate of drug-likeness (QED) is 0.418. The molecule has 1 unspecified atom stereocenters. The van der Waals surface area contributed by atoms with Crippen molar-refractivity contribution in [2.45, 2.75) is 50.1 Å². The number of hydrogen-bond donors (Lipinski definition) is 3. The van der Waals surface area contributed by atoms with Gasteiger partial charge in [-0.25, -0.2) is 9.18 Å². The van der Waals surface area contributed by atoms with Crippen LogP contribution in [-0.4, -0.2) is 57.7 Å². The summed E-state index contributed by atoms with van der Waals surface area (Å²) in [5.74, 6) is -1.57. The normalized spacial score (nSPS) is 24.0. The molecule has 1 aromatic heterocycles. The number of nitrogens with zero attached hydrogens (tertiary/aromatic N) is 2. The van der Waals surface area contributed by atoms with Gasteiger partial charge in [0.1, 0.15) is 18.4 Å². The molecule has 0 radical (unpaired) electrons. The fraction of sp³-hybridized carbons (Fsp3) is 0.433. The van der Waals surface area contributed by atoms with Crippen LogP contribution in [-0.2, 0) is 16.6 Å². The lowest BCUT2D eigenvalue weighted by Gasteiger charge is -2.35. The molecule has 2 fully saturated rings. The summed E-state index contributed by atoms with van der Waals surface area (Å²) in [5.41, 5.74) is 8.37. The van der Waals surface area contributed by atoms with Crippen molar-refractivity contribution in [3.63, 3.8) is 0 Å². The molecule has 3 aromatic rings. The van der Waals surface area contributed by atoms with Gasteiger partial charge in [0, 0.05) is 48.1 Å². The number of nitrogens with two attached hydrogens (primary N) is 1. The second kappa shape index (κ2) is 11.2. The molecule has 0 spiro atoms. The van der Waals surface area contributed by atoms with Crippen molar-refractivity contribution < 1.29 is 23.9 Å². The van der Waals surface area contributed by atoms with Gasteiger partial charge >= 0.3 is 5.97 Å². The second-order valence-electron chi connectivity index (χ2n) is 10.9. The van der Waals surface area contributed by atoms with Gasteiger partial charge in [0.25, 0.3) is 0 Å². The Balaban J connectivity index is 1.38. The molecule has 1 aliphatic carbocycles. The topological polar surface area (TPSA) is 118 Å². The van der Waals surface area contributed by atoms with Crippen LogP contribution < -0.4 is 11.1 Å². The number of benzene rings is 2. The van der Waals surface area contributed by atoms with E-state index in [1.54, 1.807) is 40.8 Å². The Morgan fingerprint density at radius 2 is 1.77 bits per heavy atom. The smallest absolute Gasteiger partial charge is 0.352 e. The molecule has 8 nitrogen and oxygen atoms in total. The molecule has 1 saturated carbocycles. The van der Waals surface area contributed by atoms with Gasteiger partial charge in [0.15, 0.2) is 0 Å². The fourth-order valence-corrected chi connectivity index (χ4v) is 6.42. The van der Waals surface area contributed by atoms with Crippen molar-refractivity contribution in [3.05, 3.63) is 65.9 Å². The summed E-state index contributed by atoms with van der Waals surface area (Å²) in [5, 5.41) is 13.2. The highest BCUT2D eigenvalue weighted by molar-refractivity contribution is 6.01. The van der Waals surface area contributed by atoms with E-state index >= 15 is 0 Å². The number of carboxylic acid groups (broad SMARTS) is 1. The summed E-state index contributed by atoms with van der Waals surface area (Å²) in [6, 6.07) is 15.5. The molecular formula is C30H35FN4O4. The first-order chi connectivity index (χ1) is 18.8. The largest absolute Gasteiger partial charge is 0.477 e. The first kappa shape index (κ1) is 26.9. The minimum atomic E-state index is -1.02. The highest BCUT2D eigenvalue weighted by Gasteiger charge is 2.44. The van der Waals surface area contributed by atoms with E-state index in [1.165, 1.54) is 0 Å². The van der Waals surface area contributed by atoms with E-state index in [9.17, 15) is 23.9 Å². The third kappa shape index (κ3) is 5.28. The molecular weight excluding hydrogens is 499 g/mol. The van der Waals surface area contributed by atoms with E-state index < -0.39 is 24.7 Å². The van der Waals surface area contributed by atoms with Crippen LogP contribution in [0.5, 0.6) is 0 Å². The van der Waals surface area contributed by atoms with E-state index in [1.807, 2.05) is 30.3 Å². The molecule has 2 aliphatic rings. The van der Waals surface area contributed by atoms with Crippen LogP contribution in [0.3, 0.4) is 0 Å². The van der Waals surface area contributed by atoms with Crippen molar-refractivity contribution in [2.24, 2.45) is 24.6 Å². The molecule has 0 bridgehead atoms. The molecule has 2 amide bonds. The van der Waals surface area contributed by atoms with Crippen LogP contribution in [0.25, 0.3) is 10.9 Å². The van der Waals surface area contributed by atoms with E-state index in [0.29, 0.717) is 49.7 Å². The number of hydrogen-bond acceptors (Lipinski definition) is 4. The van der Waals surface area contributed by atoms with Crippen molar-refractivity contribution >= 4 is 34.4 Å². The predicted molar refractivity (Wildman–Crippen MR) is 147 cm³/mol. The Labute approximate surface area is 227 Å². The molecule has 4 N–H and O–H groups in total. The summed E-state index contributed by atoms with van der Waals surface area (Å²) in [6.45, 7) is -0.0666. The number of halogens is 1. The van der Waals surface area contributed by atoms with Crippen LogP contribution in [0.2, 0.25) is 0 Å². The van der Waals surface area contributed by atoms with Gasteiger partial charge in [-0.05, 0) is 67.9 Å². The number of aromatic nitrogens is 1. The number of aromatic carboxylic acids is 1. The van der Waals surface area contributed by atoms with Gasteiger partial charge in [0.05, 0.1) is 0 Å². The minimum absolute atomic E-state index is 0.0227. The number of likely N-dealkylation sites (tertiary alicyclic amines) is 1. The van der Waals surface area contributed by atoms with Crippen LogP contribution in [0.15, 0.2) is 54.6 Å². The number of rotatable bonds is 7. The number of aryl methyl sites for hydroxylation is 1. The Morgan fingerprint density at radius 1 is 1.05 bits per heavy atom. The lowest BCUT2D eigenvalue weighted by Crippen LogP contribution is -2.48. The Morgan fingerprint density at radius 3 is 2.44 bits per heavy atom. The van der Waals surface area contributed by atoms with Gasteiger partial charge in [-0.3, -0.25) is 9.59 Å². The number of carbonyl (C=O) groups is 3. The maximum atomic E-state index is 13.8. The molecule has 206 valence electrons. The average molecular weight is 535 g/mol. The van der Waals surface area contributed by atoms with E-state index in [0.717, 1.165) is 11.1 Å². The van der Waals surface area contributed by atoms with Crippen LogP contribution >= 0.6 is 0 Å². The number of anilines is 1. The SMILES string of the molecule is Cn1c(C(=O)O)cc2cc(NC(=O)[C@@H]3[C@H](c4ccccc4)CCN3C(=O)C3CCC(C(N)CF)CC3)ccc21. The zero-order valence-corrected chi connectivity index (χ0v) is 22.1. The lowest BCUT2D eigenvalue weighted by molar-refractivity contribution is -0.141. The number of carbonyl (C=O) groups excluding carboxylic acids is 2. The first-order valence-electron chi connectivity index (χ1n) is 13.6. The summed E-state index contributed by atoms with van der Waals surface area (Å²) in [6.07, 6.45) is 3.40. The summed E-state index contributed by atoms with van der Waals surface area (Å²) < 4.78 is 14.7. The molecule has 5 rings (SSSR count). The lowest BCUT2D eigenvalue weighted by atomic mass is 9.78. The van der Waals surface area contributed by atoms with Crippen molar-refractivity contribution in [3.8, 4) is 0 Å². The highest BCUT2D eigenvalue weighted by atomic mass is 19.1. The molecule has 1 aliphatic heterocycles. The molecule has 2 heterocycles. The summed E-state index contributed by atoms with van der Waals surface area (Å²) >= 11 is 0. The first-order valence-corrected chi connectivity index (χ1v) is 13.6. The molecule has 2 aromatic carbocycles. The van der Waals surface area contributed by atoms with Gasteiger partial charge in [-0.1, -0.05) is 30.3 Å². The van der Waals surface area contributed by atoms with Crippen LogP contribution in [0.1, 0.15) is 54.1 Å². The van der Waals surface area contributed by atoms with Crippen LogP contribution in [0, 0.1) is 11.8 Å². The van der Waals surface area contributed by atoms with E-state index in [2.05, 4.69) is 5.32 Å². The van der Waals surface area contributed by atoms with Gasteiger partial charge < -0.3 is 25.6 Å². The van der Waals surface area contributed by atoms with Crippen molar-refractivity contribution in [2.75, 3.05) is 18.5 Å². The van der Waals surface area contributed by atoms with Gasteiger partial charge in [-0.2, -0.15) is 0 Å². The zero-order valence-electron chi connectivity index (χ0n) is 22.1. The van der Waals surface area contributed by atoms with Crippen molar-refractivity contribution in [1.29, 1.82) is 0 Å². The third-order valence-corrected chi connectivity index (χ3v) is 8.61. The molecule has 9 heteroatoms. The number of amides is 2.